The smallest absolute Gasteiger partial charge is 0.253 e. The van der Waals surface area contributed by atoms with Crippen LogP contribution in [0.25, 0.3) is 0 Å². The van der Waals surface area contributed by atoms with Gasteiger partial charge in [0.1, 0.15) is 0 Å². The lowest BCUT2D eigenvalue weighted by Crippen LogP contribution is -2.49. The van der Waals surface area contributed by atoms with E-state index < -0.39 is 0 Å². The molecule has 2 aromatic rings. The molecule has 1 aliphatic rings. The van der Waals surface area contributed by atoms with E-state index in [4.69, 9.17) is 0 Å². The summed E-state index contributed by atoms with van der Waals surface area (Å²) in [6.45, 7) is 4.42. The summed E-state index contributed by atoms with van der Waals surface area (Å²) in [6, 6.07) is 19.1. The Morgan fingerprint density at radius 3 is 2.22 bits per heavy atom. The Balaban J connectivity index is 1.45. The Morgan fingerprint density at radius 1 is 0.969 bits per heavy atom. The number of nitrogens with zero attached hydrogens (tertiary/aromatic N) is 2. The highest BCUT2D eigenvalue weighted by molar-refractivity contribution is 5.94. The van der Waals surface area contributed by atoms with E-state index in [9.17, 15) is 14.4 Å². The van der Waals surface area contributed by atoms with Crippen molar-refractivity contribution in [1.29, 1.82) is 0 Å². The van der Waals surface area contributed by atoms with Crippen molar-refractivity contribution in [1.82, 2.24) is 15.1 Å². The zero-order valence-corrected chi connectivity index (χ0v) is 18.8. The summed E-state index contributed by atoms with van der Waals surface area (Å²) < 4.78 is 0. The van der Waals surface area contributed by atoms with Gasteiger partial charge in [0, 0.05) is 44.2 Å². The van der Waals surface area contributed by atoms with E-state index in [0.717, 1.165) is 24.8 Å². The van der Waals surface area contributed by atoms with Gasteiger partial charge in [-0.05, 0) is 37.0 Å². The van der Waals surface area contributed by atoms with Crippen LogP contribution in [0.4, 0.5) is 0 Å². The third-order valence-electron chi connectivity index (χ3n) is 5.87. The van der Waals surface area contributed by atoms with E-state index in [0.29, 0.717) is 44.6 Å². The summed E-state index contributed by atoms with van der Waals surface area (Å²) >= 11 is 0. The minimum Gasteiger partial charge on any atom is -0.355 e. The second kappa shape index (κ2) is 12.0. The highest BCUT2D eigenvalue weighted by Gasteiger charge is 2.29. The maximum Gasteiger partial charge on any atom is 0.253 e. The molecule has 170 valence electrons. The standard InChI is InChI=1S/C26H33N3O3/c1-2-17-29(25(31)13-16-27-24(30)20-21-9-5-3-6-10-21)23-14-18-28(19-15-23)26(32)22-11-7-4-8-12-22/h3-12,23H,2,13-20H2,1H3,(H,27,30). The van der Waals surface area contributed by atoms with Gasteiger partial charge in [0.15, 0.2) is 0 Å². The van der Waals surface area contributed by atoms with Crippen LogP contribution >= 0.6 is 0 Å². The van der Waals surface area contributed by atoms with Gasteiger partial charge >= 0.3 is 0 Å². The van der Waals surface area contributed by atoms with Crippen LogP contribution in [0.3, 0.4) is 0 Å². The van der Waals surface area contributed by atoms with Crippen LogP contribution in [-0.4, -0.2) is 59.7 Å². The molecule has 1 heterocycles. The summed E-state index contributed by atoms with van der Waals surface area (Å²) in [4.78, 5) is 41.5. The molecule has 0 atom stereocenters. The molecule has 0 radical (unpaired) electrons. The normalized spacial score (nSPS) is 14.1. The van der Waals surface area contributed by atoms with E-state index in [1.54, 1.807) is 0 Å². The summed E-state index contributed by atoms with van der Waals surface area (Å²) in [6.07, 6.45) is 3.07. The van der Waals surface area contributed by atoms with Crippen LogP contribution in [0.2, 0.25) is 0 Å². The molecule has 3 rings (SSSR count). The molecule has 0 bridgehead atoms. The Labute approximate surface area is 190 Å². The maximum absolute atomic E-state index is 12.9. The average Bonchev–Trinajstić information content (AvgIpc) is 2.83. The topological polar surface area (TPSA) is 69.7 Å². The Bertz CT molecular complexity index is 878. The third kappa shape index (κ3) is 6.67. The van der Waals surface area contributed by atoms with Crippen LogP contribution in [0.5, 0.6) is 0 Å². The number of amides is 3. The summed E-state index contributed by atoms with van der Waals surface area (Å²) in [7, 11) is 0. The number of benzene rings is 2. The molecular weight excluding hydrogens is 402 g/mol. The largest absolute Gasteiger partial charge is 0.355 e. The van der Waals surface area contributed by atoms with E-state index in [1.165, 1.54) is 0 Å². The van der Waals surface area contributed by atoms with Crippen LogP contribution < -0.4 is 5.32 Å². The zero-order valence-electron chi connectivity index (χ0n) is 18.8. The molecule has 3 amide bonds. The first-order valence-corrected chi connectivity index (χ1v) is 11.5. The molecule has 2 aromatic carbocycles. The predicted octanol–water partition coefficient (Wildman–Crippen LogP) is 3.28. The molecule has 6 heteroatoms. The fraction of sp³-hybridized carbons (Fsp3) is 0.423. The monoisotopic (exact) mass is 435 g/mol. The van der Waals surface area contributed by atoms with E-state index in [2.05, 4.69) is 12.2 Å². The van der Waals surface area contributed by atoms with E-state index in [1.807, 2.05) is 70.5 Å². The number of carbonyl (C=O) groups is 3. The van der Waals surface area contributed by atoms with Gasteiger partial charge in [-0.3, -0.25) is 14.4 Å². The zero-order chi connectivity index (χ0) is 22.8. The van der Waals surface area contributed by atoms with Gasteiger partial charge in [0.2, 0.25) is 11.8 Å². The number of carbonyl (C=O) groups excluding carboxylic acids is 3. The van der Waals surface area contributed by atoms with Gasteiger partial charge in [-0.25, -0.2) is 0 Å². The molecular formula is C26H33N3O3. The minimum absolute atomic E-state index is 0.0542. The molecule has 1 fully saturated rings. The number of nitrogens with one attached hydrogen (secondary N) is 1. The molecule has 0 saturated carbocycles. The third-order valence-corrected chi connectivity index (χ3v) is 5.87. The number of hydrogen-bond acceptors (Lipinski definition) is 3. The Kier molecular flexibility index (Phi) is 8.84. The van der Waals surface area contributed by atoms with Gasteiger partial charge in [0.25, 0.3) is 5.91 Å². The lowest BCUT2D eigenvalue weighted by Gasteiger charge is -2.38. The highest BCUT2D eigenvalue weighted by Crippen LogP contribution is 2.20. The average molecular weight is 436 g/mol. The first-order chi connectivity index (χ1) is 15.6. The Morgan fingerprint density at radius 2 is 1.59 bits per heavy atom. The SMILES string of the molecule is CCCN(C(=O)CCNC(=O)Cc1ccccc1)C1CCN(C(=O)c2ccccc2)CC1. The van der Waals surface area contributed by atoms with E-state index in [-0.39, 0.29) is 23.8 Å². The van der Waals surface area contributed by atoms with Crippen molar-refractivity contribution < 1.29 is 14.4 Å². The van der Waals surface area contributed by atoms with Gasteiger partial charge in [-0.2, -0.15) is 0 Å². The van der Waals surface area contributed by atoms with Gasteiger partial charge in [-0.1, -0.05) is 55.5 Å². The quantitative estimate of drug-likeness (QED) is 0.657. The van der Waals surface area contributed by atoms with Crippen molar-refractivity contribution >= 4 is 17.7 Å². The number of rotatable bonds is 9. The van der Waals surface area contributed by atoms with Gasteiger partial charge in [0.05, 0.1) is 6.42 Å². The predicted molar refractivity (Wildman–Crippen MR) is 125 cm³/mol. The first kappa shape index (κ1) is 23.5. The molecule has 32 heavy (non-hydrogen) atoms. The fourth-order valence-electron chi connectivity index (χ4n) is 4.19. The van der Waals surface area contributed by atoms with Crippen molar-refractivity contribution in [3.8, 4) is 0 Å². The molecule has 0 aliphatic carbocycles. The molecule has 0 unspecified atom stereocenters. The van der Waals surface area contributed by atoms with Crippen molar-refractivity contribution in [3.05, 3.63) is 71.8 Å². The van der Waals surface area contributed by atoms with Crippen molar-refractivity contribution in [2.24, 2.45) is 0 Å². The van der Waals surface area contributed by atoms with Crippen molar-refractivity contribution in [3.63, 3.8) is 0 Å². The second-order valence-electron chi connectivity index (χ2n) is 8.24. The lowest BCUT2D eigenvalue weighted by molar-refractivity contribution is -0.134. The Hall–Kier alpha value is -3.15. The molecule has 1 aliphatic heterocycles. The van der Waals surface area contributed by atoms with Crippen LogP contribution in [0.15, 0.2) is 60.7 Å². The first-order valence-electron chi connectivity index (χ1n) is 11.5. The summed E-state index contributed by atoms with van der Waals surface area (Å²) in [5.41, 5.74) is 1.67. The van der Waals surface area contributed by atoms with Crippen molar-refractivity contribution in [2.45, 2.75) is 45.1 Å². The van der Waals surface area contributed by atoms with Gasteiger partial charge < -0.3 is 15.1 Å². The maximum atomic E-state index is 12.9. The van der Waals surface area contributed by atoms with Crippen molar-refractivity contribution in [2.75, 3.05) is 26.2 Å². The lowest BCUT2D eigenvalue weighted by atomic mass is 10.0. The van der Waals surface area contributed by atoms with Gasteiger partial charge in [-0.15, -0.1) is 0 Å². The molecule has 1 N–H and O–H groups in total. The second-order valence-corrected chi connectivity index (χ2v) is 8.24. The number of piperidine rings is 1. The number of hydrogen-bond donors (Lipinski definition) is 1. The molecule has 1 saturated heterocycles. The summed E-state index contributed by atoms with van der Waals surface area (Å²) in [5.74, 6) is 0.0528. The molecule has 0 spiro atoms. The highest BCUT2D eigenvalue weighted by atomic mass is 16.2. The minimum atomic E-state index is -0.0706. The van der Waals surface area contributed by atoms with Crippen LogP contribution in [-0.2, 0) is 16.0 Å². The summed E-state index contributed by atoms with van der Waals surface area (Å²) in [5, 5.41) is 2.86. The molecule has 6 nitrogen and oxygen atoms in total. The van der Waals surface area contributed by atoms with E-state index >= 15 is 0 Å². The fourth-order valence-corrected chi connectivity index (χ4v) is 4.19. The molecule has 0 aromatic heterocycles. The van der Waals surface area contributed by atoms with Crippen LogP contribution in [0.1, 0.15) is 48.5 Å². The van der Waals surface area contributed by atoms with Crippen LogP contribution in [0, 0.1) is 0 Å². The number of likely N-dealkylation sites (tertiary alicyclic amines) is 1.